The number of nitrogens with zero attached hydrogens (tertiary/aromatic N) is 3. The summed E-state index contributed by atoms with van der Waals surface area (Å²) in [5.74, 6) is 0.772. The van der Waals surface area contributed by atoms with Crippen LogP contribution in [0, 0.1) is 0 Å². The van der Waals surface area contributed by atoms with Gasteiger partial charge in [0, 0.05) is 41.4 Å². The van der Waals surface area contributed by atoms with Gasteiger partial charge in [-0.1, -0.05) is 104 Å². The van der Waals surface area contributed by atoms with E-state index < -0.39 is 6.23 Å². The third kappa shape index (κ3) is 5.75. The first-order valence-electron chi connectivity index (χ1n) is 14.2. The van der Waals surface area contributed by atoms with Crippen LogP contribution in [0.15, 0.2) is 91.1 Å². The van der Waals surface area contributed by atoms with Crippen molar-refractivity contribution in [2.75, 3.05) is 5.32 Å². The molecule has 0 bridgehead atoms. The van der Waals surface area contributed by atoms with Crippen LogP contribution >= 0.6 is 11.6 Å². The highest BCUT2D eigenvalue weighted by Gasteiger charge is 2.40. The highest BCUT2D eigenvalue weighted by Crippen LogP contribution is 2.41. The fourth-order valence-corrected chi connectivity index (χ4v) is 6.20. The fourth-order valence-electron chi connectivity index (χ4n) is 5.96. The average Bonchev–Trinajstić information content (AvgIpc) is 3.40. The molecular formula is C33H33BClN5O. The van der Waals surface area contributed by atoms with Gasteiger partial charge in [-0.05, 0) is 41.1 Å². The predicted molar refractivity (Wildman–Crippen MR) is 167 cm³/mol. The molecule has 2 aromatic heterocycles. The van der Waals surface area contributed by atoms with Crippen molar-refractivity contribution in [2.45, 2.75) is 56.8 Å². The van der Waals surface area contributed by atoms with Gasteiger partial charge in [-0.15, -0.1) is 0 Å². The summed E-state index contributed by atoms with van der Waals surface area (Å²) in [6.07, 6.45) is 6.52. The molecule has 1 aliphatic rings. The Labute approximate surface area is 247 Å². The number of hydrogen-bond acceptors (Lipinski definition) is 5. The number of aliphatic hydroxyl groups is 1. The second-order valence-electron chi connectivity index (χ2n) is 10.9. The lowest BCUT2D eigenvalue weighted by Crippen LogP contribution is -2.49. The van der Waals surface area contributed by atoms with Crippen molar-refractivity contribution in [1.82, 2.24) is 19.9 Å². The minimum atomic E-state index is -0.602. The monoisotopic (exact) mass is 561 g/mol. The van der Waals surface area contributed by atoms with Gasteiger partial charge < -0.3 is 10.4 Å². The molecule has 6 rings (SSSR count). The van der Waals surface area contributed by atoms with E-state index in [1.807, 2.05) is 36.4 Å². The van der Waals surface area contributed by atoms with Gasteiger partial charge in [0.05, 0.1) is 5.69 Å². The molecule has 6 nitrogen and oxygen atoms in total. The Morgan fingerprint density at radius 3 is 2.32 bits per heavy atom. The topological polar surface area (TPSA) is 74.5 Å². The predicted octanol–water partition coefficient (Wildman–Crippen LogP) is 5.77. The van der Waals surface area contributed by atoms with Crippen molar-refractivity contribution in [2.24, 2.45) is 0 Å². The SMILES string of the molecule is [B]c1cnn2c(NCc3ccc(CNC(O)C4(c5ccccc5)CCCCC4)cc3)cc(-c3ccccc3Cl)nc12. The van der Waals surface area contributed by atoms with E-state index in [4.69, 9.17) is 24.4 Å². The maximum atomic E-state index is 11.4. The van der Waals surface area contributed by atoms with Gasteiger partial charge in [0.2, 0.25) is 0 Å². The van der Waals surface area contributed by atoms with E-state index in [1.54, 1.807) is 10.7 Å². The normalized spacial score (nSPS) is 15.6. The number of aromatic nitrogens is 3. The van der Waals surface area contributed by atoms with Gasteiger partial charge in [-0.3, -0.25) is 5.32 Å². The molecule has 0 saturated heterocycles. The molecule has 3 aromatic carbocycles. The third-order valence-electron chi connectivity index (χ3n) is 8.26. The summed E-state index contributed by atoms with van der Waals surface area (Å²) >= 11 is 6.46. The van der Waals surface area contributed by atoms with E-state index >= 15 is 0 Å². The largest absolute Gasteiger partial charge is 0.378 e. The number of rotatable bonds is 9. The van der Waals surface area contributed by atoms with E-state index in [0.717, 1.165) is 53.9 Å². The molecule has 1 fully saturated rings. The number of anilines is 1. The van der Waals surface area contributed by atoms with Crippen LogP contribution in [-0.4, -0.2) is 33.8 Å². The van der Waals surface area contributed by atoms with Gasteiger partial charge in [0.1, 0.15) is 19.9 Å². The van der Waals surface area contributed by atoms with Crippen molar-refractivity contribution in [3.8, 4) is 11.3 Å². The quantitative estimate of drug-likeness (QED) is 0.157. The van der Waals surface area contributed by atoms with E-state index in [9.17, 15) is 5.11 Å². The van der Waals surface area contributed by atoms with E-state index in [-0.39, 0.29) is 5.41 Å². The Morgan fingerprint density at radius 1 is 0.902 bits per heavy atom. The third-order valence-corrected chi connectivity index (χ3v) is 8.59. The van der Waals surface area contributed by atoms with Crippen LogP contribution in [0.25, 0.3) is 16.9 Å². The number of aliphatic hydroxyl groups excluding tert-OH is 1. The van der Waals surface area contributed by atoms with E-state index in [2.05, 4.69) is 64.3 Å². The fraction of sp³-hybridized carbons (Fsp3) is 0.273. The standard InChI is InChI=1S/C33H33BClN5O/c34-27-22-38-40-30(19-29(39-31(27)40)26-11-5-6-12-28(26)35)36-20-23-13-15-24(16-14-23)21-37-32(41)33(17-7-2-8-18-33)25-9-3-1-4-10-25/h1,3-6,9-16,19,22,32,36-37,41H,2,7-8,17-18,20-21H2. The summed E-state index contributed by atoms with van der Waals surface area (Å²) in [4.78, 5) is 4.71. The Kier molecular flexibility index (Phi) is 8.10. The second-order valence-corrected chi connectivity index (χ2v) is 11.3. The molecule has 1 aliphatic carbocycles. The van der Waals surface area contributed by atoms with Crippen LogP contribution in [-0.2, 0) is 18.5 Å². The van der Waals surface area contributed by atoms with Crippen molar-refractivity contribution >= 4 is 36.4 Å². The molecule has 8 heteroatoms. The van der Waals surface area contributed by atoms with Crippen LogP contribution in [0.5, 0.6) is 0 Å². The van der Waals surface area contributed by atoms with Crippen molar-refractivity contribution in [1.29, 1.82) is 0 Å². The molecule has 0 amide bonds. The van der Waals surface area contributed by atoms with E-state index in [1.165, 1.54) is 12.0 Å². The van der Waals surface area contributed by atoms with Gasteiger partial charge in [0.15, 0.2) is 5.65 Å². The molecule has 206 valence electrons. The average molecular weight is 562 g/mol. The first-order valence-corrected chi connectivity index (χ1v) is 14.6. The van der Waals surface area contributed by atoms with Crippen LogP contribution in [0.2, 0.25) is 5.02 Å². The summed E-state index contributed by atoms with van der Waals surface area (Å²) in [6, 6.07) is 28.5. The van der Waals surface area contributed by atoms with Gasteiger partial charge in [0.25, 0.3) is 0 Å². The summed E-state index contributed by atoms with van der Waals surface area (Å²) in [5, 5.41) is 23.3. The van der Waals surface area contributed by atoms with Crippen LogP contribution in [0.3, 0.4) is 0 Å². The molecule has 2 heterocycles. The number of fused-ring (bicyclic) bond motifs is 1. The molecule has 0 aliphatic heterocycles. The number of halogens is 1. The van der Waals surface area contributed by atoms with Gasteiger partial charge in [-0.25, -0.2) is 4.98 Å². The molecule has 1 saturated carbocycles. The van der Waals surface area contributed by atoms with E-state index in [0.29, 0.717) is 29.2 Å². The first-order chi connectivity index (χ1) is 20.0. The summed E-state index contributed by atoms with van der Waals surface area (Å²) in [6.45, 7) is 1.19. The number of nitrogens with one attached hydrogen (secondary N) is 2. The lowest BCUT2D eigenvalue weighted by Gasteiger charge is -2.42. The smallest absolute Gasteiger partial charge is 0.150 e. The Morgan fingerprint density at radius 2 is 1.59 bits per heavy atom. The zero-order valence-electron chi connectivity index (χ0n) is 22.9. The summed E-state index contributed by atoms with van der Waals surface area (Å²) in [5.41, 5.74) is 5.87. The molecule has 1 atom stereocenters. The molecule has 3 N–H and O–H groups in total. The molecule has 0 spiro atoms. The molecule has 41 heavy (non-hydrogen) atoms. The Bertz CT molecular complexity index is 1620. The maximum Gasteiger partial charge on any atom is 0.150 e. The van der Waals surface area contributed by atoms with Crippen molar-refractivity contribution in [3.63, 3.8) is 0 Å². The highest BCUT2D eigenvalue weighted by molar-refractivity contribution is 6.36. The van der Waals surface area contributed by atoms with Gasteiger partial charge in [-0.2, -0.15) is 9.61 Å². The Balaban J connectivity index is 1.14. The number of benzene rings is 3. The van der Waals surface area contributed by atoms with Crippen molar-refractivity contribution < 1.29 is 5.11 Å². The lowest BCUT2D eigenvalue weighted by molar-refractivity contribution is 0.0252. The zero-order valence-corrected chi connectivity index (χ0v) is 23.7. The lowest BCUT2D eigenvalue weighted by atomic mass is 9.68. The van der Waals surface area contributed by atoms with Crippen LogP contribution in [0.1, 0.15) is 48.8 Å². The maximum absolute atomic E-state index is 11.4. The molecule has 5 aromatic rings. The summed E-state index contributed by atoms with van der Waals surface area (Å²) in [7, 11) is 6.16. The first kappa shape index (κ1) is 27.5. The van der Waals surface area contributed by atoms with Gasteiger partial charge >= 0.3 is 0 Å². The zero-order chi connectivity index (χ0) is 28.2. The number of hydrogen-bond donors (Lipinski definition) is 3. The van der Waals surface area contributed by atoms with Crippen LogP contribution in [0.4, 0.5) is 5.82 Å². The summed E-state index contributed by atoms with van der Waals surface area (Å²) < 4.78 is 1.71. The minimum Gasteiger partial charge on any atom is -0.378 e. The molecular weight excluding hydrogens is 529 g/mol. The Hall–Kier alpha value is -3.65. The second kappa shape index (κ2) is 12.1. The molecule has 1 unspecified atom stereocenters. The minimum absolute atomic E-state index is 0.238. The highest BCUT2D eigenvalue weighted by atomic mass is 35.5. The molecule has 2 radical (unpaired) electrons. The van der Waals surface area contributed by atoms with Crippen molar-refractivity contribution in [3.05, 3.63) is 113 Å². The van der Waals surface area contributed by atoms with Crippen LogP contribution < -0.4 is 16.1 Å².